The van der Waals surface area contributed by atoms with E-state index in [9.17, 15) is 40.1 Å². The molecule has 3 heterocycles. The Morgan fingerprint density at radius 1 is 0.463 bits per heavy atom. The van der Waals surface area contributed by atoms with Crippen LogP contribution in [0.4, 0.5) is 22.0 Å². The zero-order valence-electron chi connectivity index (χ0n) is 51.9. The lowest BCUT2D eigenvalue weighted by Crippen LogP contribution is -2.71. The Kier molecular flexibility index (Phi) is 24.4. The van der Waals surface area contributed by atoms with Gasteiger partial charge in [-0.2, -0.15) is 22.0 Å². The van der Waals surface area contributed by atoms with Gasteiger partial charge in [0.15, 0.2) is 25.0 Å². The van der Waals surface area contributed by atoms with E-state index in [-0.39, 0.29) is 19.8 Å². The molecule has 3 fully saturated rings. The topological polar surface area (TPSA) is 314 Å². The number of alkyl halides is 5. The van der Waals surface area contributed by atoms with Crippen molar-refractivity contribution in [1.29, 1.82) is 0 Å². The van der Waals surface area contributed by atoms with Crippen LogP contribution < -0.4 is 10.4 Å². The van der Waals surface area contributed by atoms with Crippen LogP contribution in [-0.2, 0) is 83.0 Å². The van der Waals surface area contributed by atoms with E-state index in [1.165, 1.54) is 0 Å². The maximum Gasteiger partial charge on any atom is 0.465 e. The minimum absolute atomic E-state index is 0.0575. The predicted molar refractivity (Wildman–Crippen MR) is 335 cm³/mol. The Morgan fingerprint density at radius 2 is 0.811 bits per heavy atom. The highest BCUT2D eigenvalue weighted by Gasteiger charge is 2.66. The molecule has 95 heavy (non-hydrogen) atoms. The molecule has 3 aliphatic heterocycles. The first-order valence-corrected chi connectivity index (χ1v) is 32.2. The van der Waals surface area contributed by atoms with Gasteiger partial charge < -0.3 is 51.8 Å². The Morgan fingerprint density at radius 3 is 1.20 bits per heavy atom. The molecule has 0 N–H and O–H groups in total. The highest BCUT2D eigenvalue weighted by Crippen LogP contribution is 2.44. The molecule has 500 valence electrons. The van der Waals surface area contributed by atoms with Crippen molar-refractivity contribution in [3.8, 4) is 0 Å². The average molecular weight is 1330 g/mol. The summed E-state index contributed by atoms with van der Waals surface area (Å²) in [7, 11) is -3.60. The zero-order chi connectivity index (χ0) is 67.6. The standard InChI is InChI=1S/C65H69F5N12O12Si/c1-41-50(75-79-71)56(51(76-80-72)61(88-41)94-95(63(2,3)4,46-31-19-9-20-32-46)47-33-21-10-22-34-47)92-60-52(77-81-73)57(86-37-44-27-15-7-16-28-44)54(48(89-60)39-84-35-42-23-11-5-12-24-42)91-59-53(78-82-74)58(87-38-45-29-17-8-18-30-45)55(93-62(83)64(66,67)65(68,69)70)49(90-59)40-85-36-43-25-13-6-14-26-43/h5-34,41,48-61H,35-40H2,1-4H3/t41-,48-,49-,50-,51-,52-,53-,54+,55+,56+,57-,58-,59-,60+,61+/m1/s1. The van der Waals surface area contributed by atoms with Crippen LogP contribution >= 0.6 is 0 Å². The normalized spacial score (nSPS) is 26.3. The third kappa shape index (κ3) is 17.1. The van der Waals surface area contributed by atoms with E-state index in [0.717, 1.165) is 10.4 Å². The third-order valence-corrected chi connectivity index (χ3v) is 21.2. The number of azide groups is 4. The molecule has 30 heteroatoms. The van der Waals surface area contributed by atoms with E-state index in [2.05, 4.69) is 40.1 Å². The van der Waals surface area contributed by atoms with Crippen molar-refractivity contribution in [3.05, 3.63) is 246 Å². The molecule has 0 amide bonds. The monoisotopic (exact) mass is 1330 g/mol. The number of hydrogen-bond acceptors (Lipinski definition) is 16. The van der Waals surface area contributed by atoms with E-state index >= 15 is 8.78 Å². The molecule has 15 atom stereocenters. The van der Waals surface area contributed by atoms with Crippen molar-refractivity contribution < 1.29 is 78.5 Å². The summed E-state index contributed by atoms with van der Waals surface area (Å²) in [6, 6.07) is 46.9. The first-order chi connectivity index (χ1) is 45.8. The van der Waals surface area contributed by atoms with Crippen LogP contribution in [0.5, 0.6) is 0 Å². The number of carbonyl (C=O) groups excluding carboxylic acids is 1. The van der Waals surface area contributed by atoms with Crippen LogP contribution in [0, 0.1) is 0 Å². The van der Waals surface area contributed by atoms with Gasteiger partial charge in [-0.3, -0.25) is 0 Å². The SMILES string of the molecule is C[C@H]1O[C@@H](O[Si](c2ccccc2)(c2ccccc2)C(C)(C)C)[C@H](N=[N+]=[N-])[C@@H](O[C@@H]2O[C@H](COCc3ccccc3)[C@H](O[C@H]3O[C@H](COCc4ccccc4)[C@H](OC(=O)C(F)(F)C(F)(F)F)[C@H](OCc4ccccc4)[C@H]3N=[N+]=[N-])[C@H](OCc3ccccc3)[C@H]2N=[N+]=[N-])[C@@H]1N=[N+]=[N-]. The fourth-order valence-electron chi connectivity index (χ4n) is 11.7. The van der Waals surface area contributed by atoms with Gasteiger partial charge in [0.05, 0.1) is 57.9 Å². The van der Waals surface area contributed by atoms with Crippen LogP contribution in [0.25, 0.3) is 41.8 Å². The molecular formula is C65H69F5N12O12Si. The smallest absolute Gasteiger partial charge is 0.452 e. The summed E-state index contributed by atoms with van der Waals surface area (Å²) >= 11 is 0. The van der Waals surface area contributed by atoms with Crippen molar-refractivity contribution in [1.82, 2.24) is 0 Å². The summed E-state index contributed by atoms with van der Waals surface area (Å²) in [6.45, 7) is 5.58. The molecule has 0 saturated carbocycles. The molecule has 0 bridgehead atoms. The van der Waals surface area contributed by atoms with E-state index in [4.69, 9.17) is 51.8 Å². The second-order valence-electron chi connectivity index (χ2n) is 23.5. The second-order valence-corrected chi connectivity index (χ2v) is 27.8. The van der Waals surface area contributed by atoms with Gasteiger partial charge >= 0.3 is 18.1 Å². The van der Waals surface area contributed by atoms with Crippen LogP contribution in [-0.4, -0.2) is 131 Å². The van der Waals surface area contributed by atoms with Gasteiger partial charge in [-0.1, -0.05) is 223 Å². The fraction of sp³-hybridized carbons (Fsp3) is 0.431. The largest absolute Gasteiger partial charge is 0.465 e. The molecule has 0 spiro atoms. The molecular weight excluding hydrogens is 1260 g/mol. The maximum atomic E-state index is 15.1. The number of ether oxygens (including phenoxy) is 10. The number of nitrogens with zero attached hydrogens (tertiary/aromatic N) is 12. The number of carbonyl (C=O) groups is 1. The number of esters is 1. The van der Waals surface area contributed by atoms with Gasteiger partial charge in [0.1, 0.15) is 48.6 Å². The quantitative estimate of drug-likeness (QED) is 0.0111. The molecule has 6 aromatic rings. The Balaban J connectivity index is 1.17. The van der Waals surface area contributed by atoms with Crippen LogP contribution in [0.2, 0.25) is 5.04 Å². The summed E-state index contributed by atoms with van der Waals surface area (Å²) in [5.41, 5.74) is 44.1. The lowest BCUT2D eigenvalue weighted by atomic mass is 9.93. The lowest BCUT2D eigenvalue weighted by molar-refractivity contribution is -0.348. The predicted octanol–water partition coefficient (Wildman–Crippen LogP) is 13.0. The summed E-state index contributed by atoms with van der Waals surface area (Å²) in [4.78, 5) is 25.9. The van der Waals surface area contributed by atoms with E-state index in [0.29, 0.717) is 22.3 Å². The van der Waals surface area contributed by atoms with Crippen molar-refractivity contribution in [2.75, 3.05) is 13.2 Å². The summed E-state index contributed by atoms with van der Waals surface area (Å²) in [6.07, 6.45) is -25.1. The molecule has 3 saturated heterocycles. The molecule has 0 aromatic heterocycles. The zero-order valence-corrected chi connectivity index (χ0v) is 52.9. The number of benzene rings is 6. The first-order valence-electron chi connectivity index (χ1n) is 30.2. The van der Waals surface area contributed by atoms with Crippen LogP contribution in [0.1, 0.15) is 49.9 Å². The van der Waals surface area contributed by atoms with Gasteiger partial charge in [-0.15, -0.1) is 0 Å². The highest BCUT2D eigenvalue weighted by atomic mass is 28.4. The summed E-state index contributed by atoms with van der Waals surface area (Å²) in [5, 5.41) is 17.5. The van der Waals surface area contributed by atoms with E-state index in [1.54, 1.807) is 128 Å². The molecule has 6 aromatic carbocycles. The molecule has 9 rings (SSSR count). The molecule has 0 radical (unpaired) electrons. The molecule has 0 aliphatic carbocycles. The van der Waals surface area contributed by atoms with Gasteiger partial charge in [-0.05, 0) is 66.7 Å². The molecule has 0 unspecified atom stereocenters. The Labute approximate surface area is 544 Å². The molecule has 24 nitrogen and oxygen atoms in total. The van der Waals surface area contributed by atoms with E-state index in [1.807, 2.05) is 81.4 Å². The van der Waals surface area contributed by atoms with Crippen LogP contribution in [0.3, 0.4) is 0 Å². The number of hydrogen-bond donors (Lipinski definition) is 0. The van der Waals surface area contributed by atoms with Crippen molar-refractivity contribution in [2.24, 2.45) is 20.5 Å². The van der Waals surface area contributed by atoms with E-state index < -0.39 is 143 Å². The van der Waals surface area contributed by atoms with Crippen molar-refractivity contribution >= 4 is 24.7 Å². The van der Waals surface area contributed by atoms with Gasteiger partial charge in [-0.25, -0.2) is 4.79 Å². The van der Waals surface area contributed by atoms with Crippen molar-refractivity contribution in [3.63, 3.8) is 0 Å². The average Bonchev–Trinajstić information content (AvgIpc) is 0.749. The summed E-state index contributed by atoms with van der Waals surface area (Å²) < 4.78 is 144. The van der Waals surface area contributed by atoms with Gasteiger partial charge in [0, 0.05) is 19.6 Å². The van der Waals surface area contributed by atoms with Gasteiger partial charge in [0.2, 0.25) is 0 Å². The number of halogens is 5. The highest BCUT2D eigenvalue weighted by molar-refractivity contribution is 6.99. The Bertz CT molecular complexity index is 3580. The third-order valence-electron chi connectivity index (χ3n) is 16.3. The minimum atomic E-state index is -6.43. The Hall–Kier alpha value is -8.50. The van der Waals surface area contributed by atoms with Crippen LogP contribution in [0.15, 0.2) is 202 Å². The maximum absolute atomic E-state index is 15.1. The lowest BCUT2D eigenvalue weighted by Gasteiger charge is -2.51. The number of rotatable bonds is 28. The first kappa shape index (κ1) is 70.8. The second kappa shape index (κ2) is 32.8. The van der Waals surface area contributed by atoms with Crippen molar-refractivity contribution in [2.45, 2.75) is 163 Å². The summed E-state index contributed by atoms with van der Waals surface area (Å²) in [5.74, 6) is -9.10. The minimum Gasteiger partial charge on any atom is -0.452 e. The fourth-order valence-corrected chi connectivity index (χ4v) is 16.3. The van der Waals surface area contributed by atoms with Gasteiger partial charge in [0.25, 0.3) is 8.32 Å². The molecule has 3 aliphatic rings.